The van der Waals surface area contributed by atoms with E-state index in [1.165, 1.54) is 6.92 Å². The van der Waals surface area contributed by atoms with Gasteiger partial charge in [0.2, 0.25) is 0 Å². The summed E-state index contributed by atoms with van der Waals surface area (Å²) in [6, 6.07) is 0. The summed E-state index contributed by atoms with van der Waals surface area (Å²) < 4.78 is 0. The summed E-state index contributed by atoms with van der Waals surface area (Å²) in [7, 11) is 0. The highest BCUT2D eigenvalue weighted by molar-refractivity contribution is 7.96. The van der Waals surface area contributed by atoms with Crippen LogP contribution in [-0.4, -0.2) is 5.12 Å². The van der Waals surface area contributed by atoms with Crippen LogP contribution in [0.1, 0.15) is 13.8 Å². The fraction of sp³-hybridized carbons (Fsp3) is 0.400. The smallest absolute Gasteiger partial charge is 0.182 e. The van der Waals surface area contributed by atoms with Crippen molar-refractivity contribution in [3.05, 3.63) is 11.5 Å². The molecule has 8 heavy (non-hydrogen) atoms. The minimum atomic E-state index is -0.139. The van der Waals surface area contributed by atoms with E-state index in [4.69, 9.17) is 0 Å². The van der Waals surface area contributed by atoms with E-state index in [0.29, 0.717) is 0 Å². The third-order valence-electron chi connectivity index (χ3n) is 0. The summed E-state index contributed by atoms with van der Waals surface area (Å²) in [5.74, 6) is 0. The highest BCUT2D eigenvalue weighted by Crippen LogP contribution is 1.86. The molecule has 0 aromatic heterocycles. The Morgan fingerprint density at radius 1 is 1.38 bits per heavy atom. The Morgan fingerprint density at radius 3 is 1.38 bits per heavy atom. The summed E-state index contributed by atoms with van der Waals surface area (Å²) in [6.45, 7) is 6.65. The third-order valence-corrected chi connectivity index (χ3v) is 0. The lowest BCUT2D eigenvalue weighted by atomic mass is 10.8. The zero-order valence-electron chi connectivity index (χ0n) is 5.01. The molecule has 0 N–H and O–H groups in total. The SMILES string of the molecule is C=C(C)S.CC(=O)S. The van der Waals surface area contributed by atoms with Gasteiger partial charge in [0.25, 0.3) is 0 Å². The second kappa shape index (κ2) is 7.11. The van der Waals surface area contributed by atoms with Crippen molar-refractivity contribution >= 4 is 30.4 Å². The predicted molar refractivity (Wildman–Crippen MR) is 43.5 cm³/mol. The molecule has 0 fully saturated rings. The van der Waals surface area contributed by atoms with Gasteiger partial charge in [0, 0.05) is 6.92 Å². The first-order valence-corrected chi connectivity index (χ1v) is 2.90. The number of allylic oxidation sites excluding steroid dienone is 1. The minimum Gasteiger partial charge on any atom is -0.288 e. The second-order valence-electron chi connectivity index (χ2n) is 1.25. The molecule has 3 heteroatoms. The van der Waals surface area contributed by atoms with E-state index < -0.39 is 0 Å². The highest BCUT2D eigenvalue weighted by Gasteiger charge is 1.63. The van der Waals surface area contributed by atoms with Gasteiger partial charge in [-0.05, 0) is 11.8 Å². The molecule has 0 unspecified atom stereocenters. The number of carbonyl (C=O) groups is 1. The highest BCUT2D eigenvalue weighted by atomic mass is 32.1. The zero-order valence-corrected chi connectivity index (χ0v) is 6.80. The topological polar surface area (TPSA) is 17.1 Å². The summed E-state index contributed by atoms with van der Waals surface area (Å²) >= 11 is 7.10. The first-order chi connectivity index (χ1) is 3.46. The van der Waals surface area contributed by atoms with E-state index >= 15 is 0 Å². The largest absolute Gasteiger partial charge is 0.288 e. The normalized spacial score (nSPS) is 6.50. The van der Waals surface area contributed by atoms with Crippen molar-refractivity contribution < 1.29 is 4.79 Å². The Labute approximate surface area is 61.0 Å². The van der Waals surface area contributed by atoms with Gasteiger partial charge in [-0.3, -0.25) is 4.79 Å². The Kier molecular flexibility index (Phi) is 9.76. The van der Waals surface area contributed by atoms with E-state index in [2.05, 4.69) is 31.8 Å². The molecular weight excluding hydrogens is 140 g/mol. The molecule has 48 valence electrons. The van der Waals surface area contributed by atoms with Crippen molar-refractivity contribution in [2.45, 2.75) is 13.8 Å². The lowest BCUT2D eigenvalue weighted by Gasteiger charge is -1.64. The van der Waals surface area contributed by atoms with Gasteiger partial charge in [-0.1, -0.05) is 6.58 Å². The molecule has 0 saturated carbocycles. The quantitative estimate of drug-likeness (QED) is 0.504. The maximum atomic E-state index is 9.31. The molecule has 0 bridgehead atoms. The number of carbonyl (C=O) groups excluding carboxylic acids is 1. The molecule has 0 amide bonds. The molecule has 0 rings (SSSR count). The van der Waals surface area contributed by atoms with Gasteiger partial charge in [-0.25, -0.2) is 0 Å². The van der Waals surface area contributed by atoms with Crippen LogP contribution < -0.4 is 0 Å². The number of hydrogen-bond donors (Lipinski definition) is 2. The third kappa shape index (κ3) is 13200. The van der Waals surface area contributed by atoms with Crippen LogP contribution in [0.25, 0.3) is 0 Å². The Bertz CT molecular complexity index is 68.4. The Hall–Kier alpha value is 0.110. The Balaban J connectivity index is 0. The van der Waals surface area contributed by atoms with Gasteiger partial charge < -0.3 is 0 Å². The molecule has 0 aliphatic rings. The van der Waals surface area contributed by atoms with Crippen LogP contribution in [0.3, 0.4) is 0 Å². The molecule has 0 aliphatic carbocycles. The molecule has 0 aromatic rings. The van der Waals surface area contributed by atoms with Gasteiger partial charge >= 0.3 is 0 Å². The standard InChI is InChI=1S/C3H6S.C2H4OS/c1-3(2)4;1-2(3)4/h4H,1H2,2H3;1H3,(H,3,4). The lowest BCUT2D eigenvalue weighted by molar-refractivity contribution is -0.108. The van der Waals surface area contributed by atoms with Crippen molar-refractivity contribution in [2.24, 2.45) is 0 Å². The summed E-state index contributed by atoms with van der Waals surface area (Å²) in [6.07, 6.45) is 0. The van der Waals surface area contributed by atoms with Crippen molar-refractivity contribution in [3.8, 4) is 0 Å². The molecule has 0 heterocycles. The van der Waals surface area contributed by atoms with Crippen LogP contribution in [0.15, 0.2) is 11.5 Å². The molecule has 0 radical (unpaired) electrons. The summed E-state index contributed by atoms with van der Waals surface area (Å²) in [4.78, 5) is 10.2. The summed E-state index contributed by atoms with van der Waals surface area (Å²) in [5, 5.41) is -0.139. The van der Waals surface area contributed by atoms with Crippen molar-refractivity contribution in [1.82, 2.24) is 0 Å². The number of rotatable bonds is 0. The maximum absolute atomic E-state index is 9.31. The fourth-order valence-corrected chi connectivity index (χ4v) is 0. The molecule has 1 nitrogen and oxygen atoms in total. The van der Waals surface area contributed by atoms with Gasteiger partial charge in [0.1, 0.15) is 0 Å². The minimum absolute atomic E-state index is 0.139. The van der Waals surface area contributed by atoms with Crippen LogP contribution in [0, 0.1) is 0 Å². The first kappa shape index (κ1) is 11.0. The Morgan fingerprint density at radius 2 is 1.38 bits per heavy atom. The number of thiol groups is 2. The lowest BCUT2D eigenvalue weighted by Crippen LogP contribution is -1.62. The second-order valence-corrected chi connectivity index (χ2v) is 2.65. The van der Waals surface area contributed by atoms with Crippen molar-refractivity contribution in [2.75, 3.05) is 0 Å². The van der Waals surface area contributed by atoms with Gasteiger partial charge in [0.05, 0.1) is 0 Å². The molecule has 0 saturated heterocycles. The van der Waals surface area contributed by atoms with E-state index in [0.717, 1.165) is 4.91 Å². The zero-order chi connectivity index (χ0) is 7.15. The van der Waals surface area contributed by atoms with Crippen LogP contribution in [-0.2, 0) is 4.79 Å². The van der Waals surface area contributed by atoms with Gasteiger partial charge in [0.15, 0.2) is 5.12 Å². The van der Waals surface area contributed by atoms with E-state index in [-0.39, 0.29) is 5.12 Å². The maximum Gasteiger partial charge on any atom is 0.182 e. The van der Waals surface area contributed by atoms with Crippen LogP contribution in [0.5, 0.6) is 0 Å². The van der Waals surface area contributed by atoms with Gasteiger partial charge in [-0.2, -0.15) is 0 Å². The average Bonchev–Trinajstić information content (AvgIpc) is 1.25. The molecular formula is C5H10OS2. The molecule has 0 aromatic carbocycles. The molecule has 0 atom stereocenters. The van der Waals surface area contributed by atoms with Crippen LogP contribution >= 0.6 is 25.3 Å². The predicted octanol–water partition coefficient (Wildman–Crippen LogP) is 1.91. The van der Waals surface area contributed by atoms with Gasteiger partial charge in [-0.15, -0.1) is 25.3 Å². The van der Waals surface area contributed by atoms with E-state index in [1.54, 1.807) is 0 Å². The van der Waals surface area contributed by atoms with Crippen LogP contribution in [0.4, 0.5) is 0 Å². The first-order valence-electron chi connectivity index (χ1n) is 2.00. The average molecular weight is 150 g/mol. The molecule has 0 aliphatic heterocycles. The van der Waals surface area contributed by atoms with Crippen molar-refractivity contribution in [1.29, 1.82) is 0 Å². The summed E-state index contributed by atoms with van der Waals surface area (Å²) in [5.41, 5.74) is 0. The van der Waals surface area contributed by atoms with E-state index in [9.17, 15) is 4.79 Å². The van der Waals surface area contributed by atoms with Crippen LogP contribution in [0.2, 0.25) is 0 Å². The van der Waals surface area contributed by atoms with Crippen molar-refractivity contribution in [3.63, 3.8) is 0 Å². The molecule has 0 spiro atoms. The number of hydrogen-bond acceptors (Lipinski definition) is 2. The van der Waals surface area contributed by atoms with E-state index in [1.807, 2.05) is 6.92 Å². The fourth-order valence-electron chi connectivity index (χ4n) is 0. The monoisotopic (exact) mass is 150 g/mol.